The highest BCUT2D eigenvalue weighted by Gasteiger charge is 2.31. The van der Waals surface area contributed by atoms with Gasteiger partial charge in [0.1, 0.15) is 0 Å². The van der Waals surface area contributed by atoms with E-state index in [9.17, 15) is 8.42 Å². The van der Waals surface area contributed by atoms with Gasteiger partial charge in [-0.05, 0) is 31.5 Å². The molecule has 0 amide bonds. The van der Waals surface area contributed by atoms with E-state index < -0.39 is 10.0 Å². The predicted molar refractivity (Wildman–Crippen MR) is 79.7 cm³/mol. The van der Waals surface area contributed by atoms with E-state index in [1.807, 2.05) is 6.92 Å². The third kappa shape index (κ3) is 3.41. The summed E-state index contributed by atoms with van der Waals surface area (Å²) in [6, 6.07) is 4.93. The summed E-state index contributed by atoms with van der Waals surface area (Å²) in [5.41, 5.74) is 0.727. The van der Waals surface area contributed by atoms with Crippen molar-refractivity contribution in [2.45, 2.75) is 24.8 Å². The largest absolute Gasteiger partial charge is 0.314 e. The van der Waals surface area contributed by atoms with Crippen LogP contribution in [-0.2, 0) is 10.0 Å². The topological polar surface area (TPSA) is 49.4 Å². The van der Waals surface area contributed by atoms with Gasteiger partial charge in [-0.2, -0.15) is 4.31 Å². The summed E-state index contributed by atoms with van der Waals surface area (Å²) in [6.45, 7) is 5.55. The number of benzene rings is 1. The predicted octanol–water partition coefficient (Wildman–Crippen LogP) is 2.05. The fraction of sp³-hybridized carbons (Fsp3) is 0.500. The molecule has 19 heavy (non-hydrogen) atoms. The molecule has 1 fully saturated rings. The lowest BCUT2D eigenvalue weighted by molar-refractivity contribution is 0.283. The van der Waals surface area contributed by atoms with E-state index in [1.165, 1.54) is 6.07 Å². The summed E-state index contributed by atoms with van der Waals surface area (Å²) in [5, 5.41) is 3.63. The first-order chi connectivity index (χ1) is 8.43. The second-order valence-corrected chi connectivity index (χ2v) is 6.87. The zero-order valence-corrected chi connectivity index (χ0v) is 13.3. The molecule has 1 aromatic rings. The van der Waals surface area contributed by atoms with Crippen LogP contribution in [0.3, 0.4) is 0 Å². The van der Waals surface area contributed by atoms with Crippen LogP contribution in [-0.4, -0.2) is 38.4 Å². The van der Waals surface area contributed by atoms with E-state index in [0.29, 0.717) is 29.6 Å². The van der Waals surface area contributed by atoms with Crippen molar-refractivity contribution in [1.29, 1.82) is 0 Å². The van der Waals surface area contributed by atoms with Crippen LogP contribution in [0, 0.1) is 6.92 Å². The normalized spacial score (nSPS) is 20.9. The fourth-order valence-corrected chi connectivity index (χ4v) is 4.28. The summed E-state index contributed by atoms with van der Waals surface area (Å²) in [6.07, 6.45) is 0. The highest BCUT2D eigenvalue weighted by molar-refractivity contribution is 7.89. The van der Waals surface area contributed by atoms with Gasteiger partial charge in [0.2, 0.25) is 10.0 Å². The maximum absolute atomic E-state index is 12.6. The van der Waals surface area contributed by atoms with Crippen molar-refractivity contribution < 1.29 is 8.42 Å². The van der Waals surface area contributed by atoms with Gasteiger partial charge in [-0.1, -0.05) is 17.7 Å². The molecule has 1 saturated heterocycles. The molecule has 1 N–H and O–H groups in total. The number of piperazine rings is 1. The number of aryl methyl sites for hydroxylation is 1. The Balaban J connectivity index is 0.00000180. The molecule has 0 aliphatic carbocycles. The van der Waals surface area contributed by atoms with Gasteiger partial charge in [0.05, 0.1) is 4.90 Å². The first-order valence-electron chi connectivity index (χ1n) is 5.91. The molecular formula is C12H18Cl2N2O2S. The Labute approximate surface area is 125 Å². The lowest BCUT2D eigenvalue weighted by Crippen LogP contribution is -2.52. The van der Waals surface area contributed by atoms with Gasteiger partial charge in [-0.15, -0.1) is 12.4 Å². The first kappa shape index (κ1) is 16.7. The molecule has 1 aliphatic rings. The summed E-state index contributed by atoms with van der Waals surface area (Å²) in [7, 11) is -3.46. The fourth-order valence-electron chi connectivity index (χ4n) is 2.16. The SMILES string of the molecule is Cc1ccc(Cl)cc1S(=O)(=O)N1CCNC[C@H]1C.Cl. The highest BCUT2D eigenvalue weighted by atomic mass is 35.5. The van der Waals surface area contributed by atoms with E-state index in [1.54, 1.807) is 23.4 Å². The van der Waals surface area contributed by atoms with E-state index in [-0.39, 0.29) is 18.4 Å². The maximum Gasteiger partial charge on any atom is 0.243 e. The van der Waals surface area contributed by atoms with Crippen LogP contribution in [0.5, 0.6) is 0 Å². The second-order valence-electron chi connectivity index (χ2n) is 4.58. The van der Waals surface area contributed by atoms with Crippen molar-refractivity contribution in [3.8, 4) is 0 Å². The van der Waals surface area contributed by atoms with Crippen LogP contribution in [0.15, 0.2) is 23.1 Å². The molecule has 4 nitrogen and oxygen atoms in total. The summed E-state index contributed by atoms with van der Waals surface area (Å²) < 4.78 is 26.8. The van der Waals surface area contributed by atoms with E-state index in [4.69, 9.17) is 11.6 Å². The Morgan fingerprint density at radius 3 is 2.74 bits per heavy atom. The molecule has 1 heterocycles. The minimum atomic E-state index is -3.46. The monoisotopic (exact) mass is 324 g/mol. The zero-order chi connectivity index (χ0) is 13.3. The van der Waals surface area contributed by atoms with Crippen LogP contribution in [0.4, 0.5) is 0 Å². The molecule has 108 valence electrons. The minimum absolute atomic E-state index is 0. The number of nitrogens with one attached hydrogen (secondary N) is 1. The van der Waals surface area contributed by atoms with E-state index >= 15 is 0 Å². The quantitative estimate of drug-likeness (QED) is 0.905. The Bertz CT molecular complexity index is 549. The number of hydrogen-bond acceptors (Lipinski definition) is 3. The molecule has 0 spiro atoms. The van der Waals surface area contributed by atoms with Gasteiger partial charge >= 0.3 is 0 Å². The lowest BCUT2D eigenvalue weighted by atomic mass is 10.2. The van der Waals surface area contributed by atoms with Crippen molar-refractivity contribution in [2.75, 3.05) is 19.6 Å². The van der Waals surface area contributed by atoms with Crippen LogP contribution in [0.1, 0.15) is 12.5 Å². The second kappa shape index (κ2) is 6.41. The van der Waals surface area contributed by atoms with E-state index in [2.05, 4.69) is 5.32 Å². The van der Waals surface area contributed by atoms with Gasteiger partial charge in [-0.25, -0.2) is 8.42 Å². The van der Waals surface area contributed by atoms with Crippen molar-refractivity contribution >= 4 is 34.0 Å². The zero-order valence-electron chi connectivity index (χ0n) is 10.9. The van der Waals surface area contributed by atoms with Crippen molar-refractivity contribution in [2.24, 2.45) is 0 Å². The third-order valence-corrected chi connectivity index (χ3v) is 5.57. The summed E-state index contributed by atoms with van der Waals surface area (Å²) in [4.78, 5) is 0.309. The molecule has 1 aliphatic heterocycles. The van der Waals surface area contributed by atoms with Crippen molar-refractivity contribution in [1.82, 2.24) is 9.62 Å². The molecule has 0 unspecified atom stereocenters. The highest BCUT2D eigenvalue weighted by Crippen LogP contribution is 2.25. The average molecular weight is 325 g/mol. The van der Waals surface area contributed by atoms with Gasteiger partial charge in [0, 0.05) is 30.7 Å². The molecule has 0 bridgehead atoms. The van der Waals surface area contributed by atoms with Crippen LogP contribution < -0.4 is 5.32 Å². The van der Waals surface area contributed by atoms with Crippen LogP contribution >= 0.6 is 24.0 Å². The molecule has 7 heteroatoms. The number of halogens is 2. The summed E-state index contributed by atoms with van der Waals surface area (Å²) >= 11 is 5.90. The molecule has 2 rings (SSSR count). The number of nitrogens with zero attached hydrogens (tertiary/aromatic N) is 1. The Hall–Kier alpha value is -0.330. The Morgan fingerprint density at radius 2 is 2.11 bits per heavy atom. The number of rotatable bonds is 2. The van der Waals surface area contributed by atoms with Crippen molar-refractivity contribution in [3.05, 3.63) is 28.8 Å². The Morgan fingerprint density at radius 1 is 1.42 bits per heavy atom. The molecule has 1 atom stereocenters. The lowest BCUT2D eigenvalue weighted by Gasteiger charge is -2.33. The first-order valence-corrected chi connectivity index (χ1v) is 7.73. The van der Waals surface area contributed by atoms with Crippen LogP contribution in [0.2, 0.25) is 5.02 Å². The average Bonchev–Trinajstić information content (AvgIpc) is 2.32. The standard InChI is InChI=1S/C12H17ClN2O2S.ClH/c1-9-3-4-11(13)7-12(9)18(16,17)15-6-5-14-8-10(15)2;/h3-4,7,10,14H,5-6,8H2,1-2H3;1H/t10-;/m1./s1. The summed E-state index contributed by atoms with van der Waals surface area (Å²) in [5.74, 6) is 0. The van der Waals surface area contributed by atoms with E-state index in [0.717, 1.165) is 5.56 Å². The van der Waals surface area contributed by atoms with Gasteiger partial charge in [-0.3, -0.25) is 0 Å². The van der Waals surface area contributed by atoms with Gasteiger partial charge in [0.25, 0.3) is 0 Å². The Kier molecular flexibility index (Phi) is 5.65. The number of sulfonamides is 1. The van der Waals surface area contributed by atoms with Crippen LogP contribution in [0.25, 0.3) is 0 Å². The molecule has 1 aromatic carbocycles. The molecular weight excluding hydrogens is 307 g/mol. The van der Waals surface area contributed by atoms with Gasteiger partial charge in [0.15, 0.2) is 0 Å². The van der Waals surface area contributed by atoms with Gasteiger partial charge < -0.3 is 5.32 Å². The minimum Gasteiger partial charge on any atom is -0.314 e. The smallest absolute Gasteiger partial charge is 0.243 e. The third-order valence-electron chi connectivity index (χ3n) is 3.18. The molecule has 0 radical (unpaired) electrons. The maximum atomic E-state index is 12.6. The molecule has 0 aromatic heterocycles. The number of hydrogen-bond donors (Lipinski definition) is 1. The molecule has 0 saturated carbocycles. The van der Waals surface area contributed by atoms with Crippen molar-refractivity contribution in [3.63, 3.8) is 0 Å².